The van der Waals surface area contributed by atoms with Gasteiger partial charge in [-0.2, -0.15) is 0 Å². The van der Waals surface area contributed by atoms with E-state index in [1.807, 2.05) is 0 Å². The number of nitrogens with one attached hydrogen (secondary N) is 1. The average molecular weight is 461 g/mol. The van der Waals surface area contributed by atoms with Crippen LogP contribution in [-0.2, 0) is 20.9 Å². The van der Waals surface area contributed by atoms with Gasteiger partial charge in [-0.3, -0.25) is 14.5 Å². The fraction of sp³-hybridized carbons (Fsp3) is 0.474. The van der Waals surface area contributed by atoms with E-state index in [4.69, 9.17) is 20.8 Å². The molecular formula is C19H20ClF3N4O4. The smallest absolute Gasteiger partial charge is 0.421 e. The second-order valence-corrected chi connectivity index (χ2v) is 7.44. The van der Waals surface area contributed by atoms with Crippen LogP contribution in [0, 0.1) is 0 Å². The van der Waals surface area contributed by atoms with Crippen molar-refractivity contribution in [2.45, 2.75) is 44.3 Å². The molecule has 0 saturated heterocycles. The molecule has 0 spiro atoms. The zero-order valence-electron chi connectivity index (χ0n) is 16.3. The third-order valence-corrected chi connectivity index (χ3v) is 4.71. The van der Waals surface area contributed by atoms with Gasteiger partial charge in [-0.1, -0.05) is 18.2 Å². The van der Waals surface area contributed by atoms with Gasteiger partial charge in [0.05, 0.1) is 17.7 Å². The highest BCUT2D eigenvalue weighted by atomic mass is 35.5. The van der Waals surface area contributed by atoms with Gasteiger partial charge in [0.2, 0.25) is 17.7 Å². The van der Waals surface area contributed by atoms with Crippen molar-refractivity contribution in [2.24, 2.45) is 0 Å². The molecule has 3 rings (SSSR count). The van der Waals surface area contributed by atoms with E-state index < -0.39 is 12.5 Å². The Kier molecular flexibility index (Phi) is 7.63. The van der Waals surface area contributed by atoms with E-state index >= 15 is 0 Å². The summed E-state index contributed by atoms with van der Waals surface area (Å²) in [5.41, 5.74) is 1.26. The molecule has 168 valence electrons. The Morgan fingerprint density at radius 2 is 2.10 bits per heavy atom. The number of ether oxygens (including phenoxy) is 2. The molecule has 0 atom stereocenters. The molecule has 0 aliphatic heterocycles. The normalized spacial score (nSPS) is 18.5. The van der Waals surface area contributed by atoms with Crippen LogP contribution in [0.25, 0.3) is 5.57 Å². The number of carbonyl (C=O) groups excluding carboxylic acids is 1. The van der Waals surface area contributed by atoms with Crippen LogP contribution in [0.4, 0.5) is 13.2 Å². The van der Waals surface area contributed by atoms with Gasteiger partial charge in [-0.05, 0) is 30.9 Å². The van der Waals surface area contributed by atoms with Gasteiger partial charge in [0.15, 0.2) is 0 Å². The quantitative estimate of drug-likeness (QED) is 0.577. The maximum atomic E-state index is 12.2. The Bertz CT molecular complexity index is 916. The highest BCUT2D eigenvalue weighted by Crippen LogP contribution is 2.41. The van der Waals surface area contributed by atoms with Gasteiger partial charge in [0.25, 0.3) is 0 Å². The van der Waals surface area contributed by atoms with Crippen LogP contribution < -0.4 is 5.32 Å². The summed E-state index contributed by atoms with van der Waals surface area (Å²) in [5, 5.41) is 10.9. The van der Waals surface area contributed by atoms with Gasteiger partial charge in [0.1, 0.15) is 6.61 Å². The van der Waals surface area contributed by atoms with Crippen molar-refractivity contribution in [3.8, 4) is 0 Å². The lowest BCUT2D eigenvalue weighted by Gasteiger charge is -2.32. The molecule has 0 unspecified atom stereocenters. The molecule has 31 heavy (non-hydrogen) atoms. The lowest BCUT2D eigenvalue weighted by atomic mass is 9.82. The second-order valence-electron chi connectivity index (χ2n) is 7.01. The minimum absolute atomic E-state index is 0.132. The lowest BCUT2D eigenvalue weighted by Crippen LogP contribution is -2.34. The summed E-state index contributed by atoms with van der Waals surface area (Å²) in [5.74, 6) is -0.132. The van der Waals surface area contributed by atoms with E-state index in [0.717, 1.165) is 5.56 Å². The van der Waals surface area contributed by atoms with E-state index in [0.29, 0.717) is 17.0 Å². The van der Waals surface area contributed by atoms with Gasteiger partial charge in [-0.25, -0.2) is 0 Å². The van der Waals surface area contributed by atoms with Crippen LogP contribution >= 0.6 is 11.6 Å². The number of aromatic nitrogens is 3. The molecule has 0 bridgehead atoms. The predicted octanol–water partition coefficient (Wildman–Crippen LogP) is 3.64. The van der Waals surface area contributed by atoms with E-state index in [2.05, 4.69) is 31.8 Å². The highest BCUT2D eigenvalue weighted by molar-refractivity contribution is 6.30. The Morgan fingerprint density at radius 3 is 2.81 bits per heavy atom. The number of rotatable bonds is 10. The van der Waals surface area contributed by atoms with Crippen molar-refractivity contribution in [2.75, 3.05) is 13.2 Å². The van der Waals surface area contributed by atoms with Crippen molar-refractivity contribution in [3.05, 3.63) is 47.4 Å². The predicted molar refractivity (Wildman–Crippen MR) is 103 cm³/mol. The molecule has 1 amide bonds. The van der Waals surface area contributed by atoms with Gasteiger partial charge in [0, 0.05) is 30.4 Å². The number of nitrogens with zero attached hydrogens (tertiary/aromatic N) is 3. The van der Waals surface area contributed by atoms with Crippen molar-refractivity contribution in [3.63, 3.8) is 0 Å². The Balaban J connectivity index is 1.32. The molecule has 0 aromatic carbocycles. The summed E-state index contributed by atoms with van der Waals surface area (Å²) < 4.78 is 51.3. The second kappa shape index (κ2) is 10.2. The number of hydrogen-bond donors (Lipinski definition) is 1. The van der Waals surface area contributed by atoms with Crippen molar-refractivity contribution in [1.29, 1.82) is 0 Å². The zero-order valence-corrected chi connectivity index (χ0v) is 17.1. The molecule has 0 radical (unpaired) electrons. The number of alkyl halides is 3. The molecule has 1 aliphatic carbocycles. The van der Waals surface area contributed by atoms with Crippen molar-refractivity contribution < 1.29 is 31.9 Å². The topological polar surface area (TPSA) is 99.4 Å². The minimum atomic E-state index is -4.65. The van der Waals surface area contributed by atoms with Crippen LogP contribution in [0.1, 0.15) is 42.5 Å². The maximum absolute atomic E-state index is 12.2. The summed E-state index contributed by atoms with van der Waals surface area (Å²) in [6.07, 6.45) is -1.76. The van der Waals surface area contributed by atoms with Crippen LogP contribution in [0.2, 0.25) is 5.02 Å². The molecule has 1 N–H and O–H groups in total. The summed E-state index contributed by atoms with van der Waals surface area (Å²) in [7, 11) is 0. The summed E-state index contributed by atoms with van der Waals surface area (Å²) in [4.78, 5) is 15.8. The first kappa shape index (κ1) is 23.2. The Hall–Kier alpha value is -2.50. The third-order valence-electron chi connectivity index (χ3n) is 4.50. The van der Waals surface area contributed by atoms with E-state index in [9.17, 15) is 18.0 Å². The van der Waals surface area contributed by atoms with Crippen molar-refractivity contribution >= 4 is 23.1 Å². The average Bonchev–Trinajstić information content (AvgIpc) is 3.13. The minimum Gasteiger partial charge on any atom is -0.421 e. The van der Waals surface area contributed by atoms with Crippen LogP contribution in [0.15, 0.2) is 29.5 Å². The summed E-state index contributed by atoms with van der Waals surface area (Å²) in [6, 6.07) is 1.70. The zero-order chi connectivity index (χ0) is 22.4. The fourth-order valence-electron chi connectivity index (χ4n) is 2.90. The largest absolute Gasteiger partial charge is 0.522 e. The molecule has 8 nitrogen and oxygen atoms in total. The number of carbonyl (C=O) groups is 1. The molecule has 1 saturated carbocycles. The van der Waals surface area contributed by atoms with Gasteiger partial charge >= 0.3 is 6.36 Å². The maximum Gasteiger partial charge on any atom is 0.522 e. The summed E-state index contributed by atoms with van der Waals surface area (Å²) in [6.45, 7) is 4.19. The van der Waals surface area contributed by atoms with Gasteiger partial charge < -0.3 is 14.5 Å². The molecule has 2 heterocycles. The fourth-order valence-corrected chi connectivity index (χ4v) is 3.10. The van der Waals surface area contributed by atoms with E-state index in [1.54, 1.807) is 12.3 Å². The first-order chi connectivity index (χ1) is 14.7. The number of hydrogen-bond acceptors (Lipinski definition) is 7. The lowest BCUT2D eigenvalue weighted by molar-refractivity contribution is -0.352. The monoisotopic (exact) mass is 460 g/mol. The van der Waals surface area contributed by atoms with Crippen molar-refractivity contribution in [1.82, 2.24) is 20.5 Å². The molecule has 1 aliphatic rings. The SMILES string of the molecule is C=C(CCNC(=O)COCc1cncc(Cl)c1)c1nnc([C@H]2C[C@@H](OC(F)(F)F)C2)o1. The summed E-state index contributed by atoms with van der Waals surface area (Å²) >= 11 is 5.83. The van der Waals surface area contributed by atoms with Gasteiger partial charge in [-0.15, -0.1) is 23.4 Å². The highest BCUT2D eigenvalue weighted by Gasteiger charge is 2.42. The number of pyridine rings is 1. The first-order valence-corrected chi connectivity index (χ1v) is 9.77. The standard InChI is InChI=1S/C19H20ClF3N4O4/c1-11(2-3-25-16(28)10-29-9-12-4-14(20)8-24-7-12)17-26-27-18(30-17)13-5-15(6-13)31-19(21,22)23/h4,7-8,13,15H,1-3,5-6,9-10H2,(H,25,28)/t13-,15+. The number of halogens is 4. The molecule has 2 aromatic rings. The Morgan fingerprint density at radius 1 is 1.32 bits per heavy atom. The molecule has 1 fully saturated rings. The molecule has 12 heteroatoms. The van der Waals surface area contributed by atoms with E-state index in [-0.39, 0.29) is 56.2 Å². The third kappa shape index (κ3) is 7.30. The van der Waals surface area contributed by atoms with E-state index in [1.165, 1.54) is 6.20 Å². The van der Waals surface area contributed by atoms with Crippen LogP contribution in [0.3, 0.4) is 0 Å². The van der Waals surface area contributed by atoms with Crippen LogP contribution in [-0.4, -0.2) is 46.7 Å². The molecule has 2 aromatic heterocycles. The Labute approximate surface area is 180 Å². The molecular weight excluding hydrogens is 441 g/mol. The first-order valence-electron chi connectivity index (χ1n) is 9.39. The van der Waals surface area contributed by atoms with Crippen LogP contribution in [0.5, 0.6) is 0 Å². The number of amides is 1.